The van der Waals surface area contributed by atoms with Crippen LogP contribution in [0.1, 0.15) is 65.2 Å². The molecule has 1 heterocycles. The molecular weight excluding hydrogens is 400 g/mol. The topological polar surface area (TPSA) is 113 Å². The normalized spacial score (nSPS) is 49.8. The quantitative estimate of drug-likeness (QED) is 0.519. The van der Waals surface area contributed by atoms with E-state index in [-0.39, 0.29) is 47.9 Å². The molecule has 170 valence electrons. The molecule has 0 aromatic heterocycles. The minimum absolute atomic E-state index is 0.0325. The number of carboxylic acids is 1. The van der Waals surface area contributed by atoms with Gasteiger partial charge in [0.25, 0.3) is 0 Å². The maximum atomic E-state index is 13.0. The summed E-state index contributed by atoms with van der Waals surface area (Å²) in [5.74, 6) is -1.60. The number of hydrogen-bond donors (Lipinski definition) is 2. The van der Waals surface area contributed by atoms with E-state index < -0.39 is 28.5 Å². The van der Waals surface area contributed by atoms with E-state index in [1.54, 1.807) is 6.08 Å². The second-order valence-corrected chi connectivity index (χ2v) is 10.9. The van der Waals surface area contributed by atoms with Crippen LogP contribution in [0.5, 0.6) is 0 Å². The number of esters is 1. The number of fused-ring (bicyclic) bond motifs is 3. The Kier molecular flexibility index (Phi) is 4.37. The van der Waals surface area contributed by atoms with Gasteiger partial charge in [0, 0.05) is 29.6 Å². The van der Waals surface area contributed by atoms with E-state index in [0.717, 1.165) is 12.0 Å². The SMILES string of the molecule is COC(=O)C1CC2=CC(=O)CC[C@]2(C)[C@@]23O[C@@H]2C[C@@]2(C)C(CC[C@@]2(O)CCC(=O)O)C13. The van der Waals surface area contributed by atoms with Gasteiger partial charge in [-0.2, -0.15) is 0 Å². The number of carboxylic acid groups (broad SMARTS) is 1. The van der Waals surface area contributed by atoms with Crippen LogP contribution < -0.4 is 0 Å². The van der Waals surface area contributed by atoms with Crippen molar-refractivity contribution in [2.24, 2.45) is 28.6 Å². The molecule has 7 heteroatoms. The van der Waals surface area contributed by atoms with Crippen LogP contribution in [0.2, 0.25) is 0 Å². The monoisotopic (exact) mass is 432 g/mol. The van der Waals surface area contributed by atoms with Crippen molar-refractivity contribution >= 4 is 17.7 Å². The lowest BCUT2D eigenvalue weighted by Gasteiger charge is -2.58. The molecule has 2 N–H and O–H groups in total. The van der Waals surface area contributed by atoms with Gasteiger partial charge < -0.3 is 19.7 Å². The molecule has 4 fully saturated rings. The fourth-order valence-corrected chi connectivity index (χ4v) is 8.22. The Balaban J connectivity index is 1.59. The molecule has 0 bridgehead atoms. The van der Waals surface area contributed by atoms with Crippen molar-refractivity contribution in [2.75, 3.05) is 7.11 Å². The van der Waals surface area contributed by atoms with Crippen LogP contribution in [0, 0.1) is 28.6 Å². The summed E-state index contributed by atoms with van der Waals surface area (Å²) in [4.78, 5) is 36.4. The lowest BCUT2D eigenvalue weighted by Crippen LogP contribution is -2.63. The summed E-state index contributed by atoms with van der Waals surface area (Å²) in [7, 11) is 1.40. The van der Waals surface area contributed by atoms with Gasteiger partial charge in [0.2, 0.25) is 0 Å². The number of methoxy groups -OCH3 is 1. The summed E-state index contributed by atoms with van der Waals surface area (Å²) in [5.41, 5.74) is -1.43. The van der Waals surface area contributed by atoms with E-state index >= 15 is 0 Å². The molecule has 1 aliphatic heterocycles. The highest BCUT2D eigenvalue weighted by Gasteiger charge is 2.82. The van der Waals surface area contributed by atoms with Gasteiger partial charge in [-0.15, -0.1) is 0 Å². The number of epoxide rings is 1. The predicted molar refractivity (Wildman–Crippen MR) is 109 cm³/mol. The molecule has 1 saturated heterocycles. The van der Waals surface area contributed by atoms with Crippen molar-refractivity contribution in [2.45, 2.75) is 82.5 Å². The number of hydrogen-bond acceptors (Lipinski definition) is 6. The first-order chi connectivity index (χ1) is 14.5. The Morgan fingerprint density at radius 3 is 2.71 bits per heavy atom. The van der Waals surface area contributed by atoms with Crippen LogP contribution >= 0.6 is 0 Å². The third-order valence-corrected chi connectivity index (χ3v) is 9.95. The summed E-state index contributed by atoms with van der Waals surface area (Å²) in [6, 6.07) is 0. The zero-order chi connectivity index (χ0) is 22.4. The van der Waals surface area contributed by atoms with Crippen molar-refractivity contribution in [1.82, 2.24) is 0 Å². The van der Waals surface area contributed by atoms with Crippen LogP contribution in [0.3, 0.4) is 0 Å². The minimum atomic E-state index is -1.09. The Hall–Kier alpha value is -1.73. The number of rotatable bonds is 4. The fourth-order valence-electron chi connectivity index (χ4n) is 8.22. The second kappa shape index (κ2) is 6.41. The van der Waals surface area contributed by atoms with Gasteiger partial charge in [-0.3, -0.25) is 14.4 Å². The van der Waals surface area contributed by atoms with Crippen LogP contribution in [-0.4, -0.2) is 52.4 Å². The highest BCUT2D eigenvalue weighted by atomic mass is 16.6. The van der Waals surface area contributed by atoms with E-state index in [2.05, 4.69) is 13.8 Å². The van der Waals surface area contributed by atoms with E-state index in [0.29, 0.717) is 32.1 Å². The summed E-state index contributed by atoms with van der Waals surface area (Å²) in [5, 5.41) is 20.9. The molecule has 5 aliphatic rings. The van der Waals surface area contributed by atoms with Crippen molar-refractivity contribution in [3.8, 4) is 0 Å². The Morgan fingerprint density at radius 1 is 1.29 bits per heavy atom. The largest absolute Gasteiger partial charge is 0.481 e. The number of ether oxygens (including phenoxy) is 2. The van der Waals surface area contributed by atoms with Gasteiger partial charge >= 0.3 is 11.9 Å². The average molecular weight is 433 g/mol. The first-order valence-electron chi connectivity index (χ1n) is 11.5. The Bertz CT molecular complexity index is 894. The predicted octanol–water partition coefficient (Wildman–Crippen LogP) is 2.64. The molecule has 5 rings (SSSR count). The molecule has 0 aromatic rings. The third kappa shape index (κ3) is 2.50. The van der Waals surface area contributed by atoms with Crippen molar-refractivity contribution in [1.29, 1.82) is 0 Å². The summed E-state index contributed by atoms with van der Waals surface area (Å²) < 4.78 is 11.7. The second-order valence-electron chi connectivity index (χ2n) is 10.9. The number of aliphatic carboxylic acids is 1. The van der Waals surface area contributed by atoms with Crippen molar-refractivity contribution < 1.29 is 34.1 Å². The zero-order valence-electron chi connectivity index (χ0n) is 18.5. The molecule has 31 heavy (non-hydrogen) atoms. The average Bonchev–Trinajstić information content (AvgIpc) is 3.38. The van der Waals surface area contributed by atoms with Gasteiger partial charge in [-0.05, 0) is 50.5 Å². The smallest absolute Gasteiger partial charge is 0.309 e. The Morgan fingerprint density at radius 2 is 2.03 bits per heavy atom. The van der Waals surface area contributed by atoms with Gasteiger partial charge in [-0.25, -0.2) is 0 Å². The first-order valence-corrected chi connectivity index (χ1v) is 11.5. The van der Waals surface area contributed by atoms with Gasteiger partial charge in [-0.1, -0.05) is 19.4 Å². The summed E-state index contributed by atoms with van der Waals surface area (Å²) >= 11 is 0. The maximum absolute atomic E-state index is 13.0. The molecule has 0 radical (unpaired) electrons. The molecule has 7 nitrogen and oxygen atoms in total. The number of carbonyl (C=O) groups is 3. The van der Waals surface area contributed by atoms with Gasteiger partial charge in [0.15, 0.2) is 5.78 Å². The van der Waals surface area contributed by atoms with E-state index in [1.165, 1.54) is 7.11 Å². The van der Waals surface area contributed by atoms with Crippen LogP contribution in [0.4, 0.5) is 0 Å². The fraction of sp³-hybridized carbons (Fsp3) is 0.792. The molecule has 8 atom stereocenters. The molecule has 0 amide bonds. The lowest BCUT2D eigenvalue weighted by atomic mass is 9.43. The van der Waals surface area contributed by atoms with Gasteiger partial charge in [0.05, 0.1) is 24.7 Å². The van der Waals surface area contributed by atoms with E-state index in [1.807, 2.05) is 0 Å². The summed E-state index contributed by atoms with van der Waals surface area (Å²) in [6.45, 7) is 4.24. The minimum Gasteiger partial charge on any atom is -0.481 e. The van der Waals surface area contributed by atoms with Crippen LogP contribution in [-0.2, 0) is 23.9 Å². The van der Waals surface area contributed by atoms with Gasteiger partial charge in [0.1, 0.15) is 5.60 Å². The van der Waals surface area contributed by atoms with Crippen LogP contribution in [0.15, 0.2) is 11.6 Å². The van der Waals surface area contributed by atoms with E-state index in [4.69, 9.17) is 9.47 Å². The highest BCUT2D eigenvalue weighted by Crippen LogP contribution is 2.77. The number of aliphatic hydroxyl groups is 1. The molecule has 1 spiro atoms. The maximum Gasteiger partial charge on any atom is 0.309 e. The molecule has 3 unspecified atom stereocenters. The molecule has 4 aliphatic carbocycles. The summed E-state index contributed by atoms with van der Waals surface area (Å²) in [6.07, 6.45) is 5.35. The number of carbonyl (C=O) groups excluding carboxylic acids is 2. The standard InChI is InChI=1S/C24H32O7/c1-21-7-4-14(25)10-13(21)11-15(20(28)30-3)19-16-5-8-23(29,9-6-18(26)27)22(16,2)12-17-24(19,21)31-17/h10,15-17,19,29H,4-9,11-12H2,1-3H3,(H,26,27)/t15?,16?,17-,19?,21+,22+,23-,24-/m1/s1. The lowest BCUT2D eigenvalue weighted by molar-refractivity contribution is -0.163. The number of ketones is 1. The molecule has 0 aromatic carbocycles. The third-order valence-electron chi connectivity index (χ3n) is 9.95. The van der Waals surface area contributed by atoms with Crippen molar-refractivity contribution in [3.63, 3.8) is 0 Å². The molecule has 3 saturated carbocycles. The zero-order valence-corrected chi connectivity index (χ0v) is 18.5. The highest BCUT2D eigenvalue weighted by molar-refractivity contribution is 5.92. The Labute approximate surface area is 182 Å². The van der Waals surface area contributed by atoms with Crippen LogP contribution in [0.25, 0.3) is 0 Å². The molecular formula is C24H32O7. The first kappa shape index (κ1) is 21.1. The van der Waals surface area contributed by atoms with Crippen molar-refractivity contribution in [3.05, 3.63) is 11.6 Å². The van der Waals surface area contributed by atoms with E-state index in [9.17, 15) is 24.6 Å².